The van der Waals surface area contributed by atoms with Crippen LogP contribution in [0.3, 0.4) is 0 Å². The van der Waals surface area contributed by atoms with E-state index in [0.717, 1.165) is 54.3 Å². The van der Waals surface area contributed by atoms with Crippen molar-refractivity contribution in [3.63, 3.8) is 0 Å². The highest BCUT2D eigenvalue weighted by Gasteiger charge is 2.36. The van der Waals surface area contributed by atoms with Crippen molar-refractivity contribution in [3.05, 3.63) is 16.8 Å². The molecule has 1 saturated carbocycles. The summed E-state index contributed by atoms with van der Waals surface area (Å²) in [6.07, 6.45) is 6.15. The van der Waals surface area contributed by atoms with E-state index in [2.05, 4.69) is 15.4 Å². The molecule has 1 fully saturated rings. The Morgan fingerprint density at radius 2 is 1.91 bits per heavy atom. The largest absolute Gasteiger partial charge is 0.474 e. The summed E-state index contributed by atoms with van der Waals surface area (Å²) in [5.41, 5.74) is 3.70. The summed E-state index contributed by atoms with van der Waals surface area (Å²) in [7, 11) is 1.69. The van der Waals surface area contributed by atoms with Crippen molar-refractivity contribution < 1.29 is 23.8 Å². The molecule has 1 unspecified atom stereocenters. The minimum Gasteiger partial charge on any atom is -0.474 e. The summed E-state index contributed by atoms with van der Waals surface area (Å²) in [5, 5.41) is 2.29. The molecular weight excluding hydrogens is 456 g/mol. The van der Waals surface area contributed by atoms with Gasteiger partial charge in [0.15, 0.2) is 0 Å². The number of ether oxygens (including phenoxy) is 3. The molecule has 0 bridgehead atoms. The van der Waals surface area contributed by atoms with E-state index in [4.69, 9.17) is 14.2 Å². The van der Waals surface area contributed by atoms with Gasteiger partial charge in [0.1, 0.15) is 22.9 Å². The number of nitrogens with zero attached hydrogens (tertiary/aromatic N) is 3. The smallest absolute Gasteiger partial charge is 0.424 e. The van der Waals surface area contributed by atoms with Crippen LogP contribution in [0.1, 0.15) is 76.2 Å². The monoisotopic (exact) mass is 490 g/mol. The molecule has 1 amide bonds. The highest BCUT2D eigenvalue weighted by molar-refractivity contribution is 7.19. The quantitative estimate of drug-likeness (QED) is 0.471. The number of carbonyl (C=O) groups excluding carboxylic acids is 2. The number of aromatic nitrogens is 2. The first kappa shape index (κ1) is 24.7. The van der Waals surface area contributed by atoms with Crippen LogP contribution >= 0.6 is 11.3 Å². The molecule has 1 N–H and O–H groups in total. The van der Waals surface area contributed by atoms with Crippen molar-refractivity contribution >= 4 is 33.6 Å². The Labute approximate surface area is 204 Å². The Morgan fingerprint density at radius 3 is 2.59 bits per heavy atom. The van der Waals surface area contributed by atoms with Gasteiger partial charge in [-0.15, -0.1) is 11.3 Å². The lowest BCUT2D eigenvalue weighted by molar-refractivity contribution is -0.144. The Bertz CT molecular complexity index is 1040. The number of hydrogen-bond donors (Lipinski definition) is 1. The molecule has 0 saturated heterocycles. The molecule has 0 aliphatic heterocycles. The van der Waals surface area contributed by atoms with Gasteiger partial charge >= 0.3 is 12.1 Å². The van der Waals surface area contributed by atoms with Crippen molar-refractivity contribution in [1.82, 2.24) is 20.4 Å². The summed E-state index contributed by atoms with van der Waals surface area (Å²) >= 11 is 1.62. The number of hydrazine groups is 1. The second-order valence-electron chi connectivity index (χ2n) is 9.90. The van der Waals surface area contributed by atoms with Crippen LogP contribution in [0.5, 0.6) is 5.88 Å². The van der Waals surface area contributed by atoms with Gasteiger partial charge in [-0.25, -0.2) is 25.2 Å². The molecule has 1 atom stereocenters. The van der Waals surface area contributed by atoms with Crippen molar-refractivity contribution in [1.29, 1.82) is 0 Å². The van der Waals surface area contributed by atoms with Crippen LogP contribution in [0.4, 0.5) is 4.79 Å². The van der Waals surface area contributed by atoms with E-state index in [0.29, 0.717) is 12.5 Å². The van der Waals surface area contributed by atoms with Gasteiger partial charge in [0.2, 0.25) is 5.88 Å². The maximum absolute atomic E-state index is 12.6. The Balaban J connectivity index is 1.40. The van der Waals surface area contributed by atoms with E-state index in [1.54, 1.807) is 18.4 Å². The summed E-state index contributed by atoms with van der Waals surface area (Å²) in [6, 6.07) is 0.168. The molecule has 2 aromatic rings. The van der Waals surface area contributed by atoms with Crippen LogP contribution in [-0.2, 0) is 20.7 Å². The molecular formula is C24H34N4O5S. The Morgan fingerprint density at radius 1 is 1.18 bits per heavy atom. The average molecular weight is 491 g/mol. The second kappa shape index (κ2) is 10.0. The summed E-state index contributed by atoms with van der Waals surface area (Å²) < 4.78 is 17.1. The first-order valence-electron chi connectivity index (χ1n) is 12.0. The van der Waals surface area contributed by atoms with Crippen LogP contribution in [0.2, 0.25) is 0 Å². The lowest BCUT2D eigenvalue weighted by Gasteiger charge is -2.33. The van der Waals surface area contributed by atoms with Gasteiger partial charge in [0, 0.05) is 18.0 Å². The first-order valence-corrected chi connectivity index (χ1v) is 12.8. The average Bonchev–Trinajstić information content (AvgIpc) is 3.33. The predicted octanol–water partition coefficient (Wildman–Crippen LogP) is 4.35. The number of rotatable bonds is 6. The van der Waals surface area contributed by atoms with Gasteiger partial charge in [0.25, 0.3) is 0 Å². The van der Waals surface area contributed by atoms with E-state index in [1.807, 2.05) is 27.7 Å². The van der Waals surface area contributed by atoms with E-state index in [1.165, 1.54) is 16.2 Å². The van der Waals surface area contributed by atoms with Crippen molar-refractivity contribution in [3.8, 4) is 5.88 Å². The molecule has 0 radical (unpaired) electrons. The minimum atomic E-state index is -0.532. The number of thiophene rings is 1. The molecule has 4 rings (SSSR count). The summed E-state index contributed by atoms with van der Waals surface area (Å²) in [4.78, 5) is 35.7. The minimum absolute atomic E-state index is 0.0148. The third-order valence-corrected chi connectivity index (χ3v) is 7.32. The lowest BCUT2D eigenvalue weighted by Crippen LogP contribution is -2.49. The number of aryl methyl sites for hydroxylation is 1. The zero-order valence-corrected chi connectivity index (χ0v) is 21.4. The Hall–Kier alpha value is -2.46. The van der Waals surface area contributed by atoms with Gasteiger partial charge in [-0.2, -0.15) is 0 Å². The van der Waals surface area contributed by atoms with Gasteiger partial charge in [-0.1, -0.05) is 0 Å². The van der Waals surface area contributed by atoms with Crippen molar-refractivity contribution in [2.24, 2.45) is 0 Å². The molecule has 2 aromatic heterocycles. The first-order chi connectivity index (χ1) is 16.2. The zero-order valence-electron chi connectivity index (χ0n) is 20.6. The fraction of sp³-hybridized carbons (Fsp3) is 0.667. The lowest BCUT2D eigenvalue weighted by atomic mass is 9.93. The molecule has 2 heterocycles. The molecule has 34 heavy (non-hydrogen) atoms. The molecule has 9 nitrogen and oxygen atoms in total. The zero-order chi connectivity index (χ0) is 24.5. The Kier molecular flexibility index (Phi) is 7.28. The van der Waals surface area contributed by atoms with E-state index in [-0.39, 0.29) is 24.0 Å². The van der Waals surface area contributed by atoms with Gasteiger partial charge in [-0.3, -0.25) is 4.79 Å². The van der Waals surface area contributed by atoms with E-state index in [9.17, 15) is 9.59 Å². The normalized spacial score (nSPS) is 22.3. The van der Waals surface area contributed by atoms with Crippen LogP contribution in [0.15, 0.2) is 6.33 Å². The number of hydrogen-bond acceptors (Lipinski definition) is 9. The third kappa shape index (κ3) is 5.43. The van der Waals surface area contributed by atoms with Crippen molar-refractivity contribution in [2.75, 3.05) is 13.7 Å². The number of carbonyl (C=O) groups is 2. The van der Waals surface area contributed by atoms with Gasteiger partial charge in [-0.05, 0) is 71.8 Å². The maximum atomic E-state index is 12.6. The molecule has 2 aliphatic carbocycles. The summed E-state index contributed by atoms with van der Waals surface area (Å²) in [5.74, 6) is 0.0952. The van der Waals surface area contributed by atoms with Crippen LogP contribution in [-0.4, -0.2) is 58.4 Å². The fourth-order valence-corrected chi connectivity index (χ4v) is 5.85. The standard InChI is InChI=1S/C24H34N4O5S/c1-6-31-22(29)16-11-12-17-18(16)19-20(25-13-26-21(19)34-17)32-15-9-7-14(8-10-15)27-28(5)23(30)33-24(2,3)4/h13-16,27H,6-12H2,1-5H3. The number of esters is 1. The van der Waals surface area contributed by atoms with E-state index >= 15 is 0 Å². The number of fused-ring (bicyclic) bond motifs is 3. The second-order valence-corrected chi connectivity index (χ2v) is 11.0. The van der Waals surface area contributed by atoms with Gasteiger partial charge in [0.05, 0.1) is 17.9 Å². The number of amides is 1. The van der Waals surface area contributed by atoms with Gasteiger partial charge < -0.3 is 14.2 Å². The molecule has 0 spiro atoms. The van der Waals surface area contributed by atoms with Crippen molar-refractivity contribution in [2.45, 2.75) is 89.9 Å². The SMILES string of the molecule is CCOC(=O)C1CCc2sc3ncnc(OC4CCC(NN(C)C(=O)OC(C)(C)C)CC4)c3c21. The highest BCUT2D eigenvalue weighted by atomic mass is 32.1. The molecule has 10 heteroatoms. The van der Waals surface area contributed by atoms with Crippen LogP contribution in [0.25, 0.3) is 10.2 Å². The topological polar surface area (TPSA) is 103 Å². The van der Waals surface area contributed by atoms with Crippen LogP contribution in [0, 0.1) is 0 Å². The van der Waals surface area contributed by atoms with E-state index < -0.39 is 11.7 Å². The molecule has 0 aromatic carbocycles. The molecule has 186 valence electrons. The summed E-state index contributed by atoms with van der Waals surface area (Å²) in [6.45, 7) is 7.75. The predicted molar refractivity (Wildman–Crippen MR) is 129 cm³/mol. The van der Waals surface area contributed by atoms with Crippen LogP contribution < -0.4 is 10.2 Å². The molecule has 2 aliphatic rings. The number of nitrogens with one attached hydrogen (secondary N) is 1. The maximum Gasteiger partial charge on any atom is 0.424 e. The highest BCUT2D eigenvalue weighted by Crippen LogP contribution is 2.46. The fourth-order valence-electron chi connectivity index (χ4n) is 4.64. The third-order valence-electron chi connectivity index (χ3n) is 6.14.